The summed E-state index contributed by atoms with van der Waals surface area (Å²) in [5.74, 6) is 0. The molecular weight excluding hydrogens is 170 g/mol. The van der Waals surface area contributed by atoms with E-state index in [1.165, 1.54) is 21.5 Å². The number of hydrogen-bond acceptors (Lipinski definition) is 1. The summed E-state index contributed by atoms with van der Waals surface area (Å²) in [7, 11) is 0. The molecule has 14 heavy (non-hydrogen) atoms. The highest BCUT2D eigenvalue weighted by Gasteiger charge is 1.97. The zero-order valence-electron chi connectivity index (χ0n) is 7.64. The monoisotopic (exact) mass is 179 g/mol. The summed E-state index contributed by atoms with van der Waals surface area (Å²) in [6.45, 7) is 0. The van der Waals surface area contributed by atoms with Gasteiger partial charge in [0, 0.05) is 12.4 Å². The van der Waals surface area contributed by atoms with Crippen molar-refractivity contribution in [2.24, 2.45) is 0 Å². The van der Waals surface area contributed by atoms with Crippen LogP contribution in [0.3, 0.4) is 0 Å². The quantitative estimate of drug-likeness (QED) is 0.515. The van der Waals surface area contributed by atoms with Crippen LogP contribution in [0.15, 0.2) is 54.9 Å². The minimum atomic E-state index is 1.24. The minimum Gasteiger partial charge on any atom is -0.265 e. The molecule has 0 N–H and O–H groups in total. The minimum absolute atomic E-state index is 1.24. The Labute approximate surface area is 82.0 Å². The van der Waals surface area contributed by atoms with Gasteiger partial charge in [-0.3, -0.25) is 4.98 Å². The van der Waals surface area contributed by atoms with E-state index in [1.54, 1.807) is 0 Å². The number of rotatable bonds is 0. The summed E-state index contributed by atoms with van der Waals surface area (Å²) in [5.41, 5.74) is 0. The van der Waals surface area contributed by atoms with Crippen LogP contribution in [0.2, 0.25) is 0 Å². The Morgan fingerprint density at radius 3 is 2.29 bits per heavy atom. The molecule has 0 saturated carbocycles. The lowest BCUT2D eigenvalue weighted by atomic mass is 10.1. The lowest BCUT2D eigenvalue weighted by molar-refractivity contribution is 1.37. The Hall–Kier alpha value is -1.89. The van der Waals surface area contributed by atoms with Gasteiger partial charge in [0.1, 0.15) is 0 Å². The van der Waals surface area contributed by atoms with E-state index in [-0.39, 0.29) is 0 Å². The van der Waals surface area contributed by atoms with Crippen molar-refractivity contribution in [2.75, 3.05) is 0 Å². The second-order valence-corrected chi connectivity index (χ2v) is 3.38. The van der Waals surface area contributed by atoms with Gasteiger partial charge in [-0.25, -0.2) is 0 Å². The van der Waals surface area contributed by atoms with Gasteiger partial charge >= 0.3 is 0 Å². The summed E-state index contributed by atoms with van der Waals surface area (Å²) >= 11 is 0. The van der Waals surface area contributed by atoms with Crippen LogP contribution in [-0.4, -0.2) is 4.98 Å². The largest absolute Gasteiger partial charge is 0.265 e. The van der Waals surface area contributed by atoms with Crippen molar-refractivity contribution in [3.05, 3.63) is 54.9 Å². The smallest absolute Gasteiger partial charge is 0.0274 e. The molecule has 0 fully saturated rings. The van der Waals surface area contributed by atoms with E-state index < -0.39 is 0 Å². The Bertz CT molecular complexity index is 599. The summed E-state index contributed by atoms with van der Waals surface area (Å²) < 4.78 is 0. The van der Waals surface area contributed by atoms with Gasteiger partial charge in [-0.05, 0) is 33.7 Å². The molecule has 0 spiro atoms. The molecule has 3 rings (SSSR count). The third kappa shape index (κ3) is 0.990. The van der Waals surface area contributed by atoms with Crippen LogP contribution in [0.1, 0.15) is 0 Å². The molecule has 1 heteroatoms. The molecule has 0 aliphatic rings. The molecule has 1 nitrogen and oxygen atoms in total. The Balaban J connectivity index is 2.64. The lowest BCUT2D eigenvalue weighted by Crippen LogP contribution is -1.67. The molecular formula is C13H9N. The maximum Gasteiger partial charge on any atom is 0.0274 e. The fourth-order valence-electron chi connectivity index (χ4n) is 1.87. The fraction of sp³-hybridized carbons (Fsp3) is 0. The standard InChI is InChI=1S/C13H9N/c1-2-10-4-5-11-6-8-14-9-7-13(11)12(10)3-1/h1-9H. The predicted molar refractivity (Wildman–Crippen MR) is 59.2 cm³/mol. The molecule has 0 radical (unpaired) electrons. The summed E-state index contributed by atoms with van der Waals surface area (Å²) in [6.07, 6.45) is 3.67. The molecule has 0 bridgehead atoms. The average molecular weight is 179 g/mol. The number of nitrogens with zero attached hydrogens (tertiary/aromatic N) is 1. The lowest BCUT2D eigenvalue weighted by Gasteiger charge is -1.94. The van der Waals surface area contributed by atoms with E-state index in [1.807, 2.05) is 18.5 Å². The SMILES string of the molecule is c1cc2ccc3ccnccc3c2c1. The van der Waals surface area contributed by atoms with Crippen LogP contribution < -0.4 is 0 Å². The molecule has 0 amide bonds. The topological polar surface area (TPSA) is 12.9 Å². The van der Waals surface area contributed by atoms with Crippen molar-refractivity contribution in [3.63, 3.8) is 0 Å². The number of fused-ring (bicyclic) bond motifs is 3. The highest BCUT2D eigenvalue weighted by Crippen LogP contribution is 2.24. The highest BCUT2D eigenvalue weighted by molar-refractivity contribution is 6.07. The second kappa shape index (κ2) is 2.81. The summed E-state index contributed by atoms with van der Waals surface area (Å²) in [6, 6.07) is 14.8. The van der Waals surface area contributed by atoms with Gasteiger partial charge in [-0.15, -0.1) is 0 Å². The van der Waals surface area contributed by atoms with E-state index in [0.717, 1.165) is 0 Å². The normalized spacial score (nSPS) is 10.9. The van der Waals surface area contributed by atoms with Crippen molar-refractivity contribution < 1.29 is 0 Å². The third-order valence-electron chi connectivity index (χ3n) is 2.56. The van der Waals surface area contributed by atoms with Crippen molar-refractivity contribution >= 4 is 21.5 Å². The summed E-state index contributed by atoms with van der Waals surface area (Å²) in [4.78, 5) is 4.12. The zero-order chi connectivity index (χ0) is 9.38. The van der Waals surface area contributed by atoms with Crippen LogP contribution in [0.4, 0.5) is 0 Å². The van der Waals surface area contributed by atoms with Crippen molar-refractivity contribution in [3.8, 4) is 0 Å². The van der Waals surface area contributed by atoms with Gasteiger partial charge in [0.25, 0.3) is 0 Å². The van der Waals surface area contributed by atoms with Crippen LogP contribution >= 0.6 is 0 Å². The van der Waals surface area contributed by atoms with Crippen LogP contribution in [0.5, 0.6) is 0 Å². The van der Waals surface area contributed by atoms with E-state index in [9.17, 15) is 0 Å². The predicted octanol–water partition coefficient (Wildman–Crippen LogP) is 3.39. The van der Waals surface area contributed by atoms with Crippen molar-refractivity contribution in [2.45, 2.75) is 0 Å². The third-order valence-corrected chi connectivity index (χ3v) is 2.56. The summed E-state index contributed by atoms with van der Waals surface area (Å²) in [5, 5.41) is 5.11. The molecule has 0 aliphatic heterocycles. The molecule has 1 aromatic heterocycles. The zero-order valence-corrected chi connectivity index (χ0v) is 7.64. The molecule has 66 valence electrons. The van der Waals surface area contributed by atoms with Crippen molar-refractivity contribution in [1.29, 1.82) is 0 Å². The van der Waals surface area contributed by atoms with Gasteiger partial charge in [-0.1, -0.05) is 30.3 Å². The Kier molecular flexibility index (Phi) is 1.51. The van der Waals surface area contributed by atoms with Gasteiger partial charge in [0.15, 0.2) is 0 Å². The van der Waals surface area contributed by atoms with Crippen LogP contribution in [-0.2, 0) is 0 Å². The number of aromatic nitrogens is 1. The van der Waals surface area contributed by atoms with Gasteiger partial charge in [-0.2, -0.15) is 0 Å². The van der Waals surface area contributed by atoms with E-state index >= 15 is 0 Å². The maximum absolute atomic E-state index is 4.12. The molecule has 1 heterocycles. The first-order valence-electron chi connectivity index (χ1n) is 4.67. The van der Waals surface area contributed by atoms with Gasteiger partial charge in [0.05, 0.1) is 0 Å². The first-order chi connectivity index (χ1) is 6.95. The number of hydrogen-bond donors (Lipinski definition) is 0. The molecule has 0 atom stereocenters. The second-order valence-electron chi connectivity index (χ2n) is 3.38. The molecule has 0 aliphatic carbocycles. The Morgan fingerprint density at radius 1 is 0.643 bits per heavy atom. The molecule has 0 saturated heterocycles. The van der Waals surface area contributed by atoms with Gasteiger partial charge in [0.2, 0.25) is 0 Å². The van der Waals surface area contributed by atoms with E-state index in [4.69, 9.17) is 0 Å². The Morgan fingerprint density at radius 2 is 1.36 bits per heavy atom. The average Bonchev–Trinajstić information content (AvgIpc) is 2.55. The highest BCUT2D eigenvalue weighted by atomic mass is 14.6. The van der Waals surface area contributed by atoms with Crippen molar-refractivity contribution in [1.82, 2.24) is 4.98 Å². The molecule has 3 aromatic rings. The van der Waals surface area contributed by atoms with Gasteiger partial charge < -0.3 is 0 Å². The molecule has 0 unspecified atom stereocenters. The number of benzene rings is 1. The van der Waals surface area contributed by atoms with Crippen LogP contribution in [0, 0.1) is 0 Å². The fourth-order valence-corrected chi connectivity index (χ4v) is 1.87. The van der Waals surface area contributed by atoms with E-state index in [0.29, 0.717) is 0 Å². The van der Waals surface area contributed by atoms with Crippen LogP contribution in [0.25, 0.3) is 21.5 Å². The maximum atomic E-state index is 4.12. The molecule has 2 aromatic carbocycles. The first-order valence-corrected chi connectivity index (χ1v) is 4.67. The van der Waals surface area contributed by atoms with E-state index in [2.05, 4.69) is 41.4 Å². The first kappa shape index (κ1) is 7.51.